The molecule has 6 nitrogen and oxygen atoms in total. The number of hydrogen-bond donors (Lipinski definition) is 3. The molecular weight excluding hydrogens is 294 g/mol. The first-order valence-corrected chi connectivity index (χ1v) is 7.95. The minimum atomic E-state index is -0.504. The molecule has 0 saturated carbocycles. The quantitative estimate of drug-likeness (QED) is 0.714. The lowest BCUT2D eigenvalue weighted by atomic mass is 9.99. The van der Waals surface area contributed by atoms with E-state index in [1.54, 1.807) is 10.6 Å². The zero-order valence-electron chi connectivity index (χ0n) is 13.5. The number of carbonyl (C=O) groups excluding carboxylic acids is 1. The van der Waals surface area contributed by atoms with Crippen molar-refractivity contribution in [1.29, 1.82) is 0 Å². The van der Waals surface area contributed by atoms with Crippen LogP contribution < -0.4 is 15.8 Å². The number of quaternary nitrogens is 1. The molecule has 0 radical (unpaired) electrons. The summed E-state index contributed by atoms with van der Waals surface area (Å²) >= 11 is 0. The highest BCUT2D eigenvalue weighted by Gasteiger charge is 2.24. The Morgan fingerprint density at radius 3 is 2.91 bits per heavy atom. The van der Waals surface area contributed by atoms with Crippen molar-refractivity contribution < 1.29 is 14.8 Å². The van der Waals surface area contributed by atoms with Gasteiger partial charge in [-0.3, -0.25) is 9.59 Å². The zero-order valence-corrected chi connectivity index (χ0v) is 13.5. The maximum absolute atomic E-state index is 12.7. The summed E-state index contributed by atoms with van der Waals surface area (Å²) < 4.78 is 1.62. The highest BCUT2D eigenvalue weighted by molar-refractivity contribution is 6.02. The van der Waals surface area contributed by atoms with Crippen LogP contribution in [0.3, 0.4) is 0 Å². The van der Waals surface area contributed by atoms with E-state index >= 15 is 0 Å². The summed E-state index contributed by atoms with van der Waals surface area (Å²) in [6, 6.07) is 5.58. The highest BCUT2D eigenvalue weighted by atomic mass is 16.3. The first-order valence-electron chi connectivity index (χ1n) is 7.95. The zero-order chi connectivity index (χ0) is 16.6. The third-order valence-corrected chi connectivity index (χ3v) is 4.31. The van der Waals surface area contributed by atoms with Gasteiger partial charge in [0, 0.05) is 11.9 Å². The monoisotopic (exact) mass is 316 g/mol. The van der Waals surface area contributed by atoms with Crippen molar-refractivity contribution in [2.24, 2.45) is 0 Å². The van der Waals surface area contributed by atoms with Crippen molar-refractivity contribution in [1.82, 2.24) is 9.88 Å². The number of carbonyl (C=O) groups is 1. The topological polar surface area (TPSA) is 75.8 Å². The Labute approximate surface area is 134 Å². The van der Waals surface area contributed by atoms with Gasteiger partial charge < -0.3 is 19.9 Å². The van der Waals surface area contributed by atoms with Crippen LogP contribution in [-0.2, 0) is 13.0 Å². The molecule has 2 aromatic rings. The lowest BCUT2D eigenvalue weighted by Crippen LogP contribution is -3.06. The fraction of sp³-hybridized carbons (Fsp3) is 0.412. The minimum Gasteiger partial charge on any atom is -0.506 e. The number of nitrogens with one attached hydrogen (secondary N) is 2. The highest BCUT2D eigenvalue weighted by Crippen LogP contribution is 2.31. The number of aromatic hydroxyl groups is 1. The second-order valence-electron chi connectivity index (χ2n) is 6.31. The average molecular weight is 316 g/mol. The Morgan fingerprint density at radius 2 is 2.17 bits per heavy atom. The number of nitrogens with zero attached hydrogens (tertiary/aromatic N) is 1. The largest absolute Gasteiger partial charge is 0.506 e. The first kappa shape index (κ1) is 15.6. The van der Waals surface area contributed by atoms with Gasteiger partial charge in [-0.15, -0.1) is 0 Å². The van der Waals surface area contributed by atoms with Crippen LogP contribution in [0.25, 0.3) is 10.9 Å². The van der Waals surface area contributed by atoms with Gasteiger partial charge in [-0.05, 0) is 24.5 Å². The van der Waals surface area contributed by atoms with Crippen molar-refractivity contribution in [2.75, 3.05) is 27.2 Å². The lowest BCUT2D eigenvalue weighted by Gasteiger charge is -2.21. The maximum Gasteiger partial charge on any atom is 0.267 e. The van der Waals surface area contributed by atoms with Crippen LogP contribution in [0.15, 0.2) is 23.0 Å². The van der Waals surface area contributed by atoms with E-state index in [4.69, 9.17) is 0 Å². The van der Waals surface area contributed by atoms with Crippen LogP contribution in [0.5, 0.6) is 5.75 Å². The standard InChI is InChI=1S/C17H21N3O3/c1-19(2)10-8-18-16(22)13-15(21)12-7-3-5-11-6-4-9-20(14(11)12)17(13)23/h3,5,7,21H,4,6,8-10H2,1-2H3,(H,18,22)/p+1. The Hall–Kier alpha value is -2.34. The van der Waals surface area contributed by atoms with Gasteiger partial charge in [-0.1, -0.05) is 12.1 Å². The van der Waals surface area contributed by atoms with Crippen molar-refractivity contribution in [3.63, 3.8) is 0 Å². The normalized spacial score (nSPS) is 13.5. The third-order valence-electron chi connectivity index (χ3n) is 4.31. The Kier molecular flexibility index (Phi) is 4.09. The van der Waals surface area contributed by atoms with E-state index < -0.39 is 11.5 Å². The number of amides is 1. The molecule has 0 saturated heterocycles. The molecule has 0 unspecified atom stereocenters. The van der Waals surface area contributed by atoms with E-state index in [-0.39, 0.29) is 11.3 Å². The molecule has 23 heavy (non-hydrogen) atoms. The number of benzene rings is 1. The van der Waals surface area contributed by atoms with Crippen molar-refractivity contribution in [2.45, 2.75) is 19.4 Å². The number of aromatic nitrogens is 1. The molecule has 0 fully saturated rings. The summed E-state index contributed by atoms with van der Waals surface area (Å²) in [7, 11) is 3.97. The van der Waals surface area contributed by atoms with Crippen molar-refractivity contribution >= 4 is 16.8 Å². The second kappa shape index (κ2) is 6.04. The number of hydrogen-bond acceptors (Lipinski definition) is 3. The molecule has 2 heterocycles. The van der Waals surface area contributed by atoms with Crippen LogP contribution in [0.4, 0.5) is 0 Å². The molecule has 0 aliphatic carbocycles. The van der Waals surface area contributed by atoms with Gasteiger partial charge in [0.2, 0.25) is 0 Å². The van der Waals surface area contributed by atoms with E-state index in [0.717, 1.165) is 30.5 Å². The van der Waals surface area contributed by atoms with Gasteiger partial charge in [-0.25, -0.2) is 0 Å². The van der Waals surface area contributed by atoms with Gasteiger partial charge in [0.1, 0.15) is 11.3 Å². The maximum atomic E-state index is 12.7. The number of rotatable bonds is 4. The summed E-state index contributed by atoms with van der Waals surface area (Å²) in [4.78, 5) is 26.3. The first-order chi connectivity index (χ1) is 11.0. The van der Waals surface area contributed by atoms with Crippen LogP contribution in [-0.4, -0.2) is 42.8 Å². The molecule has 3 rings (SSSR count). The van der Waals surface area contributed by atoms with Crippen LogP contribution in [0.1, 0.15) is 22.3 Å². The van der Waals surface area contributed by atoms with E-state index in [1.165, 1.54) is 4.90 Å². The predicted molar refractivity (Wildman–Crippen MR) is 88.2 cm³/mol. The van der Waals surface area contributed by atoms with Crippen molar-refractivity contribution in [3.05, 3.63) is 39.7 Å². The molecule has 1 aromatic heterocycles. The van der Waals surface area contributed by atoms with Crippen LogP contribution >= 0.6 is 0 Å². The minimum absolute atomic E-state index is 0.148. The molecule has 1 aromatic carbocycles. The lowest BCUT2D eigenvalue weighted by molar-refractivity contribution is -0.856. The fourth-order valence-electron chi connectivity index (χ4n) is 3.14. The molecule has 3 N–H and O–H groups in total. The molecule has 1 amide bonds. The molecule has 0 bridgehead atoms. The summed E-state index contributed by atoms with van der Waals surface area (Å²) in [5, 5.41) is 13.8. The van der Waals surface area contributed by atoms with Gasteiger partial charge in [0.05, 0.1) is 32.7 Å². The van der Waals surface area contributed by atoms with Gasteiger partial charge in [-0.2, -0.15) is 0 Å². The van der Waals surface area contributed by atoms with E-state index in [2.05, 4.69) is 5.32 Å². The molecule has 0 atom stereocenters. The number of likely N-dealkylation sites (N-methyl/N-ethyl adjacent to an activating group) is 1. The molecule has 122 valence electrons. The molecule has 1 aliphatic heterocycles. The molecule has 6 heteroatoms. The SMILES string of the molecule is C[NH+](C)CCNC(=O)c1c(O)c2cccc3c2n(c1=O)CCC3. The van der Waals surface area contributed by atoms with Gasteiger partial charge >= 0.3 is 0 Å². The smallest absolute Gasteiger partial charge is 0.267 e. The molecule has 1 aliphatic rings. The molecular formula is C17H22N3O3+. The Bertz CT molecular complexity index is 824. The number of pyridine rings is 1. The van der Waals surface area contributed by atoms with Crippen LogP contribution in [0.2, 0.25) is 0 Å². The Morgan fingerprint density at radius 1 is 1.39 bits per heavy atom. The second-order valence-corrected chi connectivity index (χ2v) is 6.31. The predicted octanol–water partition coefficient (Wildman–Crippen LogP) is -0.472. The van der Waals surface area contributed by atoms with Gasteiger partial charge in [0.15, 0.2) is 0 Å². The van der Waals surface area contributed by atoms with E-state index in [1.807, 2.05) is 26.2 Å². The Balaban J connectivity index is 2.08. The van der Waals surface area contributed by atoms with E-state index in [9.17, 15) is 14.7 Å². The average Bonchev–Trinajstić information content (AvgIpc) is 2.52. The number of aryl methyl sites for hydroxylation is 2. The summed E-state index contributed by atoms with van der Waals surface area (Å²) in [6.45, 7) is 1.78. The van der Waals surface area contributed by atoms with Gasteiger partial charge in [0.25, 0.3) is 11.5 Å². The fourth-order valence-corrected chi connectivity index (χ4v) is 3.14. The van der Waals surface area contributed by atoms with Crippen LogP contribution in [0, 0.1) is 0 Å². The van der Waals surface area contributed by atoms with Crippen molar-refractivity contribution in [3.8, 4) is 5.75 Å². The molecule has 0 spiro atoms. The third kappa shape index (κ3) is 2.70. The summed E-state index contributed by atoms with van der Waals surface area (Å²) in [5.41, 5.74) is 1.25. The summed E-state index contributed by atoms with van der Waals surface area (Å²) in [6.07, 6.45) is 1.75. The number of para-hydroxylation sites is 1. The van der Waals surface area contributed by atoms with E-state index in [0.29, 0.717) is 18.5 Å². The summed E-state index contributed by atoms with van der Waals surface area (Å²) in [5.74, 6) is -0.713.